The molecule has 0 saturated heterocycles. The van der Waals surface area contributed by atoms with Crippen molar-refractivity contribution in [3.05, 3.63) is 63.9 Å². The molecule has 0 radical (unpaired) electrons. The summed E-state index contributed by atoms with van der Waals surface area (Å²) in [5, 5.41) is 0. The summed E-state index contributed by atoms with van der Waals surface area (Å²) < 4.78 is 19.3. The third kappa shape index (κ3) is 3.43. The minimum atomic E-state index is -0.631. The molecule has 0 aliphatic carbocycles. The van der Waals surface area contributed by atoms with Crippen LogP contribution in [-0.2, 0) is 0 Å². The topological polar surface area (TPSA) is 52.1 Å². The highest BCUT2D eigenvalue weighted by atomic mass is 32.1. The monoisotopic (exact) mass is 328 g/mol. The van der Waals surface area contributed by atoms with Gasteiger partial charge in [-0.3, -0.25) is 0 Å². The van der Waals surface area contributed by atoms with E-state index in [-0.39, 0.29) is 5.75 Å². The molecule has 3 aromatic rings. The first kappa shape index (κ1) is 15.3. The normalized spacial score (nSPS) is 10.6. The van der Waals surface area contributed by atoms with Crippen LogP contribution in [0.3, 0.4) is 0 Å². The van der Waals surface area contributed by atoms with Crippen molar-refractivity contribution in [2.24, 2.45) is 0 Å². The van der Waals surface area contributed by atoms with Crippen LogP contribution in [0.5, 0.6) is 5.75 Å². The molecule has 0 bridgehead atoms. The predicted molar refractivity (Wildman–Crippen MR) is 86.2 cm³/mol. The summed E-state index contributed by atoms with van der Waals surface area (Å²) in [5.74, 6) is -0.896. The van der Waals surface area contributed by atoms with Crippen LogP contribution in [0.1, 0.15) is 20.1 Å². The number of aromatic nitrogens is 2. The minimum Gasteiger partial charge on any atom is -0.419 e. The van der Waals surface area contributed by atoms with Gasteiger partial charge in [0.1, 0.15) is 4.88 Å². The smallest absolute Gasteiger partial charge is 0.353 e. The summed E-state index contributed by atoms with van der Waals surface area (Å²) in [6, 6.07) is 7.76. The second kappa shape index (κ2) is 6.26. The van der Waals surface area contributed by atoms with E-state index in [9.17, 15) is 9.18 Å². The van der Waals surface area contributed by atoms with Gasteiger partial charge in [-0.05, 0) is 49.7 Å². The number of carbonyl (C=O) groups excluding carboxylic acids is 1. The first-order valence-corrected chi connectivity index (χ1v) is 7.72. The maximum Gasteiger partial charge on any atom is 0.353 e. The molecule has 23 heavy (non-hydrogen) atoms. The Bertz CT molecular complexity index is 859. The fraction of sp³-hybridized carbons (Fsp3) is 0.118. The number of nitrogens with zero attached hydrogens (tertiary/aromatic N) is 2. The van der Waals surface area contributed by atoms with E-state index in [1.165, 1.54) is 23.5 Å². The van der Waals surface area contributed by atoms with Crippen LogP contribution in [0.15, 0.2) is 42.7 Å². The van der Waals surface area contributed by atoms with Crippen molar-refractivity contribution in [2.45, 2.75) is 13.8 Å². The van der Waals surface area contributed by atoms with E-state index in [2.05, 4.69) is 9.97 Å². The summed E-state index contributed by atoms with van der Waals surface area (Å²) in [6.07, 6.45) is 3.32. The van der Waals surface area contributed by atoms with Gasteiger partial charge >= 0.3 is 5.97 Å². The maximum absolute atomic E-state index is 14.2. The Labute approximate surface area is 136 Å². The van der Waals surface area contributed by atoms with E-state index in [1.54, 1.807) is 24.5 Å². The number of ether oxygens (including phenoxy) is 1. The largest absolute Gasteiger partial charge is 0.419 e. The molecule has 4 nitrogen and oxygen atoms in total. The van der Waals surface area contributed by atoms with Gasteiger partial charge in [-0.1, -0.05) is 0 Å². The van der Waals surface area contributed by atoms with Crippen LogP contribution < -0.4 is 4.74 Å². The van der Waals surface area contributed by atoms with Gasteiger partial charge in [0.05, 0.1) is 0 Å². The molecule has 0 aliphatic heterocycles. The highest BCUT2D eigenvalue weighted by Gasteiger charge is 2.15. The van der Waals surface area contributed by atoms with Crippen molar-refractivity contribution in [3.63, 3.8) is 0 Å². The quantitative estimate of drug-likeness (QED) is 0.534. The van der Waals surface area contributed by atoms with E-state index >= 15 is 0 Å². The lowest BCUT2D eigenvalue weighted by atomic mass is 10.2. The number of halogens is 1. The molecule has 2 aromatic heterocycles. The number of hydrogen-bond donors (Lipinski definition) is 0. The number of benzene rings is 1. The highest BCUT2D eigenvalue weighted by molar-refractivity contribution is 7.13. The molecule has 0 N–H and O–H groups in total. The molecule has 2 heterocycles. The zero-order chi connectivity index (χ0) is 16.4. The van der Waals surface area contributed by atoms with Crippen LogP contribution in [0, 0.1) is 19.7 Å². The summed E-state index contributed by atoms with van der Waals surface area (Å²) in [7, 11) is 0. The van der Waals surface area contributed by atoms with Crippen molar-refractivity contribution < 1.29 is 13.9 Å². The van der Waals surface area contributed by atoms with Crippen LogP contribution >= 0.6 is 11.3 Å². The van der Waals surface area contributed by atoms with Crippen LogP contribution in [0.2, 0.25) is 0 Å². The lowest BCUT2D eigenvalue weighted by molar-refractivity contribution is 0.0733. The maximum atomic E-state index is 14.2. The van der Waals surface area contributed by atoms with Crippen molar-refractivity contribution in [2.75, 3.05) is 0 Å². The highest BCUT2D eigenvalue weighted by Crippen LogP contribution is 2.25. The lowest BCUT2D eigenvalue weighted by Crippen LogP contribution is -2.07. The van der Waals surface area contributed by atoms with Gasteiger partial charge in [-0.2, -0.15) is 0 Å². The fourth-order valence-electron chi connectivity index (χ4n) is 1.96. The molecule has 116 valence electrons. The second-order valence-corrected chi connectivity index (χ2v) is 6.32. The molecule has 0 atom stereocenters. The average molecular weight is 328 g/mol. The van der Waals surface area contributed by atoms with Crippen molar-refractivity contribution in [1.82, 2.24) is 9.97 Å². The summed E-state index contributed by atoms with van der Waals surface area (Å²) >= 11 is 1.31. The molecular weight excluding hydrogens is 315 g/mol. The number of rotatable bonds is 3. The summed E-state index contributed by atoms with van der Waals surface area (Å²) in [6.45, 7) is 3.76. The first-order chi connectivity index (χ1) is 11.0. The van der Waals surface area contributed by atoms with Gasteiger partial charge in [0.15, 0.2) is 17.4 Å². The molecule has 0 aliphatic rings. The standard InChI is InChI=1S/C17H13FN2O2S/c1-10-8-19-16(20-9-10)12-4-5-14(13(18)7-12)22-17(21)15-6-3-11(2)23-15/h3-9H,1-2H3. The van der Waals surface area contributed by atoms with E-state index in [1.807, 2.05) is 19.9 Å². The second-order valence-electron chi connectivity index (χ2n) is 5.03. The number of carbonyl (C=O) groups is 1. The summed E-state index contributed by atoms with van der Waals surface area (Å²) in [5.41, 5.74) is 1.44. The SMILES string of the molecule is Cc1cnc(-c2ccc(OC(=O)c3ccc(C)s3)c(F)c2)nc1. The zero-order valence-electron chi connectivity index (χ0n) is 12.5. The third-order valence-electron chi connectivity index (χ3n) is 3.12. The molecule has 6 heteroatoms. The van der Waals surface area contributed by atoms with E-state index < -0.39 is 11.8 Å². The molecule has 0 spiro atoms. The van der Waals surface area contributed by atoms with Crippen molar-refractivity contribution in [1.29, 1.82) is 0 Å². The summed E-state index contributed by atoms with van der Waals surface area (Å²) in [4.78, 5) is 21.7. The Hall–Kier alpha value is -2.60. The molecule has 0 unspecified atom stereocenters. The molecule has 0 saturated carbocycles. The molecular formula is C17H13FN2O2S. The third-order valence-corrected chi connectivity index (χ3v) is 4.10. The number of aryl methyl sites for hydroxylation is 2. The molecule has 1 aromatic carbocycles. The van der Waals surface area contributed by atoms with Gasteiger partial charge in [0.2, 0.25) is 0 Å². The Morgan fingerprint density at radius 1 is 1.13 bits per heavy atom. The lowest BCUT2D eigenvalue weighted by Gasteiger charge is -2.06. The Balaban J connectivity index is 1.82. The van der Waals surface area contributed by atoms with E-state index in [0.717, 1.165) is 10.4 Å². The first-order valence-electron chi connectivity index (χ1n) is 6.90. The van der Waals surface area contributed by atoms with Gasteiger partial charge in [-0.15, -0.1) is 11.3 Å². The van der Waals surface area contributed by atoms with Gasteiger partial charge in [0, 0.05) is 22.8 Å². The number of hydrogen-bond acceptors (Lipinski definition) is 5. The van der Waals surface area contributed by atoms with Crippen LogP contribution in [0.4, 0.5) is 4.39 Å². The van der Waals surface area contributed by atoms with Crippen molar-refractivity contribution >= 4 is 17.3 Å². The average Bonchev–Trinajstić information content (AvgIpc) is 2.97. The predicted octanol–water partition coefficient (Wildman–Crippen LogP) is 4.18. The Morgan fingerprint density at radius 3 is 2.48 bits per heavy atom. The van der Waals surface area contributed by atoms with Gasteiger partial charge < -0.3 is 4.74 Å². The minimum absolute atomic E-state index is 0.114. The zero-order valence-corrected chi connectivity index (χ0v) is 13.4. The van der Waals surface area contributed by atoms with Gasteiger partial charge in [0.25, 0.3) is 0 Å². The van der Waals surface area contributed by atoms with E-state index in [4.69, 9.17) is 4.74 Å². The Kier molecular flexibility index (Phi) is 4.16. The Morgan fingerprint density at radius 2 is 1.87 bits per heavy atom. The van der Waals surface area contributed by atoms with E-state index in [0.29, 0.717) is 16.3 Å². The van der Waals surface area contributed by atoms with Crippen LogP contribution in [0.25, 0.3) is 11.4 Å². The molecule has 0 fully saturated rings. The van der Waals surface area contributed by atoms with Gasteiger partial charge in [-0.25, -0.2) is 19.2 Å². The molecule has 3 rings (SSSR count). The number of esters is 1. The van der Waals surface area contributed by atoms with Crippen LogP contribution in [-0.4, -0.2) is 15.9 Å². The van der Waals surface area contributed by atoms with Crippen molar-refractivity contribution in [3.8, 4) is 17.1 Å². The number of thiophene rings is 1. The fourth-order valence-corrected chi connectivity index (χ4v) is 2.70. The molecule has 0 amide bonds.